The third-order valence-corrected chi connectivity index (χ3v) is 3.40. The minimum Gasteiger partial charge on any atom is -0.369 e. The first kappa shape index (κ1) is 12.7. The minimum atomic E-state index is -0.470. The van der Waals surface area contributed by atoms with Crippen LogP contribution < -0.4 is 11.3 Å². The molecule has 1 aliphatic rings. The average molecular weight is 275 g/mol. The van der Waals surface area contributed by atoms with Crippen molar-refractivity contribution in [1.29, 1.82) is 0 Å². The van der Waals surface area contributed by atoms with Crippen LogP contribution in [0.15, 0.2) is 23.1 Å². The summed E-state index contributed by atoms with van der Waals surface area (Å²) < 4.78 is 13.5. The van der Waals surface area contributed by atoms with Crippen LogP contribution >= 0.6 is 0 Å². The number of nitrogens with one attached hydrogen (secondary N) is 1. The van der Waals surface area contributed by atoms with Gasteiger partial charge < -0.3 is 5.73 Å². The van der Waals surface area contributed by atoms with Crippen LogP contribution in [0.4, 0.5) is 10.3 Å². The fourth-order valence-corrected chi connectivity index (χ4v) is 2.41. The third kappa shape index (κ3) is 2.39. The zero-order valence-electron chi connectivity index (χ0n) is 10.8. The Morgan fingerprint density at radius 1 is 1.50 bits per heavy atom. The largest absolute Gasteiger partial charge is 0.369 e. The second-order valence-corrected chi connectivity index (χ2v) is 4.79. The van der Waals surface area contributed by atoms with Crippen molar-refractivity contribution in [3.8, 4) is 0 Å². The lowest BCUT2D eigenvalue weighted by Crippen LogP contribution is -2.35. The lowest BCUT2D eigenvalue weighted by Gasteiger charge is -2.27. The van der Waals surface area contributed by atoms with Gasteiger partial charge in [-0.1, -0.05) is 6.07 Å². The van der Waals surface area contributed by atoms with Crippen LogP contribution in [0.2, 0.25) is 0 Å². The van der Waals surface area contributed by atoms with Crippen molar-refractivity contribution in [2.45, 2.75) is 19.5 Å². The molecule has 0 saturated carbocycles. The predicted molar refractivity (Wildman–Crippen MR) is 71.3 cm³/mol. The number of pyridine rings is 1. The summed E-state index contributed by atoms with van der Waals surface area (Å²) in [5.41, 5.74) is 7.16. The van der Waals surface area contributed by atoms with Gasteiger partial charge in [0.25, 0.3) is 5.56 Å². The quantitative estimate of drug-likeness (QED) is 0.777. The van der Waals surface area contributed by atoms with E-state index >= 15 is 0 Å². The van der Waals surface area contributed by atoms with Crippen LogP contribution in [0.3, 0.4) is 0 Å². The maximum atomic E-state index is 13.5. The molecule has 2 aromatic heterocycles. The van der Waals surface area contributed by atoms with Crippen molar-refractivity contribution in [3.63, 3.8) is 0 Å². The van der Waals surface area contributed by atoms with Crippen LogP contribution in [0, 0.1) is 5.95 Å². The van der Waals surface area contributed by atoms with Crippen molar-refractivity contribution in [2.24, 2.45) is 0 Å². The highest BCUT2D eigenvalue weighted by atomic mass is 19.1. The van der Waals surface area contributed by atoms with E-state index in [2.05, 4.69) is 15.0 Å². The normalized spacial score (nSPS) is 15.1. The highest BCUT2D eigenvalue weighted by Gasteiger charge is 2.21. The second kappa shape index (κ2) is 5.01. The molecule has 0 bridgehead atoms. The van der Waals surface area contributed by atoms with E-state index in [0.29, 0.717) is 37.2 Å². The number of aromatic nitrogens is 3. The molecule has 3 N–H and O–H groups in total. The van der Waals surface area contributed by atoms with Crippen LogP contribution in [0.1, 0.15) is 16.8 Å². The zero-order chi connectivity index (χ0) is 14.1. The Hall–Kier alpha value is -2.28. The van der Waals surface area contributed by atoms with Crippen LogP contribution in [-0.2, 0) is 19.5 Å². The predicted octanol–water partition coefficient (Wildman–Crippen LogP) is 0.444. The van der Waals surface area contributed by atoms with Gasteiger partial charge in [-0.15, -0.1) is 0 Å². The molecule has 3 rings (SSSR count). The molecule has 0 unspecified atom stereocenters. The number of halogens is 1. The maximum absolute atomic E-state index is 13.5. The Bertz CT molecular complexity index is 699. The Labute approximate surface area is 114 Å². The molecule has 7 heteroatoms. The minimum absolute atomic E-state index is 0.139. The number of rotatable bonds is 2. The van der Waals surface area contributed by atoms with E-state index in [1.165, 1.54) is 6.20 Å². The standard InChI is InChI=1S/C13H14FN5O/c14-11-8(2-1-4-16-11)6-19-5-3-10-9(7-19)12(20)18-13(15)17-10/h1-2,4H,3,5-7H2,(H3,15,17,18,20). The van der Waals surface area contributed by atoms with Crippen molar-refractivity contribution in [1.82, 2.24) is 19.9 Å². The molecule has 0 aromatic carbocycles. The molecule has 0 radical (unpaired) electrons. The number of hydrogen-bond acceptors (Lipinski definition) is 5. The zero-order valence-corrected chi connectivity index (χ0v) is 10.8. The molecule has 2 aromatic rings. The van der Waals surface area contributed by atoms with Crippen LogP contribution in [0.5, 0.6) is 0 Å². The number of nitrogens with two attached hydrogens (primary N) is 1. The van der Waals surface area contributed by atoms with Crippen molar-refractivity contribution < 1.29 is 4.39 Å². The number of hydrogen-bond donors (Lipinski definition) is 2. The van der Waals surface area contributed by atoms with E-state index in [1.54, 1.807) is 12.1 Å². The smallest absolute Gasteiger partial charge is 0.257 e. The number of nitrogen functional groups attached to an aromatic ring is 1. The summed E-state index contributed by atoms with van der Waals surface area (Å²) >= 11 is 0. The van der Waals surface area contributed by atoms with Crippen LogP contribution in [0.25, 0.3) is 0 Å². The van der Waals surface area contributed by atoms with Crippen LogP contribution in [-0.4, -0.2) is 26.4 Å². The summed E-state index contributed by atoms with van der Waals surface area (Å²) in [5, 5.41) is 0. The molecular formula is C13H14FN5O. The van der Waals surface area contributed by atoms with Crippen molar-refractivity contribution in [3.05, 3.63) is 51.5 Å². The average Bonchev–Trinajstić information content (AvgIpc) is 2.42. The molecule has 104 valence electrons. The third-order valence-electron chi connectivity index (χ3n) is 3.40. The highest BCUT2D eigenvalue weighted by molar-refractivity contribution is 5.27. The maximum Gasteiger partial charge on any atom is 0.257 e. The summed E-state index contributed by atoms with van der Waals surface area (Å²) in [6.45, 7) is 1.56. The molecule has 3 heterocycles. The fraction of sp³-hybridized carbons (Fsp3) is 0.308. The summed E-state index contributed by atoms with van der Waals surface area (Å²) in [5.74, 6) is -0.330. The molecule has 6 nitrogen and oxygen atoms in total. The molecule has 0 aliphatic carbocycles. The summed E-state index contributed by atoms with van der Waals surface area (Å²) in [4.78, 5) is 24.1. The second-order valence-electron chi connectivity index (χ2n) is 4.79. The van der Waals surface area contributed by atoms with E-state index in [1.807, 2.05) is 4.90 Å². The molecule has 1 aliphatic heterocycles. The van der Waals surface area contributed by atoms with Gasteiger partial charge in [-0.3, -0.25) is 14.7 Å². The molecule has 0 saturated heterocycles. The molecule has 0 amide bonds. The van der Waals surface area contributed by atoms with Gasteiger partial charge in [0, 0.05) is 37.8 Å². The van der Waals surface area contributed by atoms with Gasteiger partial charge in [0.1, 0.15) is 0 Å². The van der Waals surface area contributed by atoms with Crippen molar-refractivity contribution >= 4 is 5.95 Å². The SMILES string of the molecule is Nc1nc2c(c(=O)[nH]1)CN(Cc1cccnc1F)CC2. The van der Waals surface area contributed by atoms with Gasteiger partial charge in [0.05, 0.1) is 11.3 Å². The van der Waals surface area contributed by atoms with Gasteiger partial charge in [-0.25, -0.2) is 9.97 Å². The lowest BCUT2D eigenvalue weighted by molar-refractivity contribution is 0.237. The molecule has 0 spiro atoms. The van der Waals surface area contributed by atoms with Gasteiger partial charge in [0.15, 0.2) is 0 Å². The number of aromatic amines is 1. The number of H-pyrrole nitrogens is 1. The summed E-state index contributed by atoms with van der Waals surface area (Å²) in [6, 6.07) is 3.40. The van der Waals surface area contributed by atoms with Crippen molar-refractivity contribution in [2.75, 3.05) is 12.3 Å². The Kier molecular flexibility index (Phi) is 3.19. The Morgan fingerprint density at radius 3 is 3.15 bits per heavy atom. The first-order chi connectivity index (χ1) is 9.63. The topological polar surface area (TPSA) is 87.9 Å². The first-order valence-electron chi connectivity index (χ1n) is 6.33. The highest BCUT2D eigenvalue weighted by Crippen LogP contribution is 2.17. The molecule has 0 fully saturated rings. The number of fused-ring (bicyclic) bond motifs is 1. The molecule has 20 heavy (non-hydrogen) atoms. The van der Waals surface area contributed by atoms with Gasteiger partial charge in [-0.2, -0.15) is 4.39 Å². The lowest BCUT2D eigenvalue weighted by atomic mass is 10.1. The Balaban J connectivity index is 1.83. The molecular weight excluding hydrogens is 261 g/mol. The van der Waals surface area contributed by atoms with E-state index in [0.717, 1.165) is 5.69 Å². The van der Waals surface area contributed by atoms with E-state index in [-0.39, 0.29) is 11.5 Å². The first-order valence-corrected chi connectivity index (χ1v) is 6.33. The monoisotopic (exact) mass is 275 g/mol. The van der Waals surface area contributed by atoms with Gasteiger partial charge in [-0.05, 0) is 6.07 Å². The van der Waals surface area contributed by atoms with E-state index in [9.17, 15) is 9.18 Å². The number of nitrogens with zero attached hydrogens (tertiary/aromatic N) is 3. The summed E-state index contributed by atoms with van der Waals surface area (Å²) in [6.07, 6.45) is 2.05. The van der Waals surface area contributed by atoms with Gasteiger partial charge >= 0.3 is 0 Å². The Morgan fingerprint density at radius 2 is 2.35 bits per heavy atom. The van der Waals surface area contributed by atoms with Gasteiger partial charge in [0.2, 0.25) is 11.9 Å². The van der Waals surface area contributed by atoms with E-state index in [4.69, 9.17) is 5.73 Å². The number of anilines is 1. The summed E-state index contributed by atoms with van der Waals surface area (Å²) in [7, 11) is 0. The molecule has 0 atom stereocenters. The fourth-order valence-electron chi connectivity index (χ4n) is 2.41. The van der Waals surface area contributed by atoms with E-state index < -0.39 is 5.95 Å².